The van der Waals surface area contributed by atoms with E-state index in [0.717, 1.165) is 22.4 Å². The fourth-order valence-electron chi connectivity index (χ4n) is 3.75. The van der Waals surface area contributed by atoms with Crippen molar-refractivity contribution in [3.8, 4) is 0 Å². The first-order chi connectivity index (χ1) is 14.6. The van der Waals surface area contributed by atoms with Gasteiger partial charge < -0.3 is 10.2 Å². The highest BCUT2D eigenvalue weighted by Crippen LogP contribution is 2.40. The fraction of sp³-hybridized carbons (Fsp3) is 0.250. The number of fused-ring (bicyclic) bond motifs is 1. The van der Waals surface area contributed by atoms with Crippen molar-refractivity contribution in [2.75, 3.05) is 11.9 Å². The van der Waals surface area contributed by atoms with Crippen LogP contribution in [0, 0.1) is 12.7 Å². The van der Waals surface area contributed by atoms with Crippen LogP contribution in [0.4, 0.5) is 15.8 Å². The van der Waals surface area contributed by atoms with E-state index in [1.807, 2.05) is 33.0 Å². The lowest BCUT2D eigenvalue weighted by Gasteiger charge is -2.40. The van der Waals surface area contributed by atoms with E-state index < -0.39 is 0 Å². The summed E-state index contributed by atoms with van der Waals surface area (Å²) in [6.07, 6.45) is 3.75. The minimum absolute atomic E-state index is 0.200. The van der Waals surface area contributed by atoms with Crippen molar-refractivity contribution in [2.24, 2.45) is 4.99 Å². The minimum atomic E-state index is -0.368. The third-order valence-corrected chi connectivity index (χ3v) is 7.05. The van der Waals surface area contributed by atoms with Gasteiger partial charge in [0.2, 0.25) is 0 Å². The molecule has 2 aliphatic rings. The summed E-state index contributed by atoms with van der Waals surface area (Å²) >= 11 is 7.34. The Balaban J connectivity index is 1.68. The first-order valence-corrected chi connectivity index (χ1v) is 11.1. The molecule has 1 saturated heterocycles. The average molecular weight is 456 g/mol. The van der Waals surface area contributed by atoms with Gasteiger partial charge in [-0.05, 0) is 80.9 Å². The van der Waals surface area contributed by atoms with Gasteiger partial charge in [0, 0.05) is 28.9 Å². The van der Waals surface area contributed by atoms with Gasteiger partial charge in [0.05, 0.1) is 16.1 Å². The molecule has 160 valence electrons. The highest BCUT2D eigenvalue weighted by Gasteiger charge is 2.30. The Morgan fingerprint density at radius 2 is 2.00 bits per heavy atom. The Bertz CT molecular complexity index is 1200. The highest BCUT2D eigenvalue weighted by atomic mass is 35.5. The van der Waals surface area contributed by atoms with Crippen LogP contribution >= 0.6 is 23.4 Å². The van der Waals surface area contributed by atoms with Crippen LogP contribution in [0.1, 0.15) is 37.5 Å². The second-order valence-electron chi connectivity index (χ2n) is 8.30. The number of nitrogens with zero attached hydrogens (tertiary/aromatic N) is 2. The normalized spacial score (nSPS) is 20.2. The van der Waals surface area contributed by atoms with E-state index in [1.54, 1.807) is 24.3 Å². The number of amidine groups is 1. The maximum absolute atomic E-state index is 15.0. The molecule has 1 fully saturated rings. The monoisotopic (exact) mass is 455 g/mol. The summed E-state index contributed by atoms with van der Waals surface area (Å²) < 4.78 is 15.0. The van der Waals surface area contributed by atoms with Crippen molar-refractivity contribution in [1.29, 1.82) is 0 Å². The molecule has 2 aromatic rings. The van der Waals surface area contributed by atoms with Gasteiger partial charge in [-0.15, -0.1) is 0 Å². The second kappa shape index (κ2) is 7.84. The number of hydrogen-bond donors (Lipinski definition) is 1. The number of thioether (sulfide) groups is 1. The van der Waals surface area contributed by atoms with E-state index in [9.17, 15) is 9.18 Å². The van der Waals surface area contributed by atoms with Crippen LogP contribution in [0.25, 0.3) is 11.6 Å². The molecule has 2 aliphatic heterocycles. The maximum Gasteiger partial charge on any atom is 0.264 e. The number of allylic oxidation sites excluding steroid dienone is 1. The zero-order valence-electron chi connectivity index (χ0n) is 18.0. The van der Waals surface area contributed by atoms with Crippen LogP contribution in [-0.4, -0.2) is 23.7 Å². The zero-order chi connectivity index (χ0) is 22.5. The van der Waals surface area contributed by atoms with E-state index in [0.29, 0.717) is 26.3 Å². The van der Waals surface area contributed by atoms with E-state index in [4.69, 9.17) is 11.6 Å². The average Bonchev–Trinajstić information content (AvgIpc) is 3.03. The summed E-state index contributed by atoms with van der Waals surface area (Å²) in [4.78, 5) is 19.4. The summed E-state index contributed by atoms with van der Waals surface area (Å²) in [6, 6.07) is 8.78. The lowest BCUT2D eigenvalue weighted by molar-refractivity contribution is -0.115. The third kappa shape index (κ3) is 4.02. The van der Waals surface area contributed by atoms with Gasteiger partial charge in [-0.3, -0.25) is 4.79 Å². The van der Waals surface area contributed by atoms with Crippen LogP contribution in [-0.2, 0) is 4.79 Å². The van der Waals surface area contributed by atoms with E-state index in [1.165, 1.54) is 11.8 Å². The van der Waals surface area contributed by atoms with Gasteiger partial charge in [0.25, 0.3) is 5.91 Å². The van der Waals surface area contributed by atoms with Crippen LogP contribution < -0.4 is 10.2 Å². The van der Waals surface area contributed by atoms with Crippen LogP contribution in [0.3, 0.4) is 0 Å². The number of aliphatic imine (C=N–C) groups is 1. The summed E-state index contributed by atoms with van der Waals surface area (Å²) in [7, 11) is 1.96. The molecule has 0 bridgehead atoms. The molecule has 0 radical (unpaired) electrons. The quantitative estimate of drug-likeness (QED) is 0.539. The maximum atomic E-state index is 15.0. The number of nitrogens with one attached hydrogen (secondary N) is 1. The van der Waals surface area contributed by atoms with Crippen molar-refractivity contribution >= 4 is 57.5 Å². The SMILES string of the molecule is CC1=CC(C)(C)N(C)c2cc(F)c(/C=C3/SC(=Nc4cccc(Cl)c4C)NC3=O)cc21. The molecule has 0 aromatic heterocycles. The Morgan fingerprint density at radius 3 is 2.74 bits per heavy atom. The number of amides is 1. The Kier molecular flexibility index (Phi) is 5.48. The van der Waals surface area contributed by atoms with Gasteiger partial charge in [0.15, 0.2) is 5.17 Å². The molecule has 1 amide bonds. The Morgan fingerprint density at radius 1 is 1.26 bits per heavy atom. The van der Waals surface area contributed by atoms with Crippen molar-refractivity contribution in [2.45, 2.75) is 33.2 Å². The van der Waals surface area contributed by atoms with E-state index >= 15 is 0 Å². The number of carbonyl (C=O) groups excluding carboxylic acids is 1. The molecule has 0 spiro atoms. The molecule has 31 heavy (non-hydrogen) atoms. The van der Waals surface area contributed by atoms with Crippen molar-refractivity contribution in [3.63, 3.8) is 0 Å². The standard InChI is InChI=1S/C24H23ClFN3OS/c1-13-12-24(3,4)29(5)20-11-18(26)15(9-16(13)20)10-21-22(30)28-23(31-21)27-19-8-6-7-17(25)14(19)2/h6-12H,1-5H3,(H,27,28,30)/b21-10+. The Hall–Kier alpha value is -2.57. The number of carbonyl (C=O) groups is 1. The van der Waals surface area contributed by atoms with Gasteiger partial charge in [0.1, 0.15) is 5.82 Å². The minimum Gasteiger partial charge on any atom is -0.365 e. The third-order valence-electron chi connectivity index (χ3n) is 5.73. The molecule has 0 atom stereocenters. The molecule has 4 nitrogen and oxygen atoms in total. The number of anilines is 1. The first kappa shape index (κ1) is 21.7. The lowest BCUT2D eigenvalue weighted by atomic mass is 9.88. The molecule has 4 rings (SSSR count). The van der Waals surface area contributed by atoms with Gasteiger partial charge in [-0.1, -0.05) is 23.7 Å². The summed E-state index contributed by atoms with van der Waals surface area (Å²) in [5.41, 5.74) is 4.57. The van der Waals surface area contributed by atoms with Gasteiger partial charge in [-0.2, -0.15) is 0 Å². The first-order valence-electron chi connectivity index (χ1n) is 9.89. The molecule has 0 unspecified atom stereocenters. The fourth-order valence-corrected chi connectivity index (χ4v) is 4.74. The molecular formula is C24H23ClFN3OS. The smallest absolute Gasteiger partial charge is 0.264 e. The second-order valence-corrected chi connectivity index (χ2v) is 9.73. The number of likely N-dealkylation sites (N-methyl/N-ethyl adjacent to an activating group) is 1. The van der Waals surface area contributed by atoms with E-state index in [2.05, 4.69) is 35.1 Å². The van der Waals surface area contributed by atoms with Gasteiger partial charge in [-0.25, -0.2) is 9.38 Å². The lowest BCUT2D eigenvalue weighted by Crippen LogP contribution is -2.42. The van der Waals surface area contributed by atoms with Crippen molar-refractivity contribution in [1.82, 2.24) is 5.32 Å². The largest absolute Gasteiger partial charge is 0.365 e. The molecule has 7 heteroatoms. The molecule has 2 aromatic carbocycles. The predicted octanol–water partition coefficient (Wildman–Crippen LogP) is 6.31. The Labute approximate surface area is 190 Å². The zero-order valence-corrected chi connectivity index (χ0v) is 19.6. The van der Waals surface area contributed by atoms with Crippen LogP contribution in [0.5, 0.6) is 0 Å². The van der Waals surface area contributed by atoms with E-state index in [-0.39, 0.29) is 17.3 Å². The predicted molar refractivity (Wildman–Crippen MR) is 130 cm³/mol. The number of hydrogen-bond acceptors (Lipinski definition) is 4. The molecule has 1 N–H and O–H groups in total. The topological polar surface area (TPSA) is 44.7 Å². The molecule has 2 heterocycles. The molecule has 0 saturated carbocycles. The number of rotatable bonds is 2. The van der Waals surface area contributed by atoms with Crippen LogP contribution in [0.15, 0.2) is 46.3 Å². The summed E-state index contributed by atoms with van der Waals surface area (Å²) in [6.45, 7) is 8.08. The molecular weight excluding hydrogens is 433 g/mol. The number of benzene rings is 2. The summed E-state index contributed by atoms with van der Waals surface area (Å²) in [5.74, 6) is -0.667. The highest BCUT2D eigenvalue weighted by molar-refractivity contribution is 8.18. The van der Waals surface area contributed by atoms with Crippen molar-refractivity contribution < 1.29 is 9.18 Å². The van der Waals surface area contributed by atoms with Crippen LogP contribution in [0.2, 0.25) is 5.02 Å². The van der Waals surface area contributed by atoms with Gasteiger partial charge >= 0.3 is 0 Å². The molecule has 0 aliphatic carbocycles. The van der Waals surface area contributed by atoms with Crippen molar-refractivity contribution in [3.05, 3.63) is 68.8 Å². The summed E-state index contributed by atoms with van der Waals surface area (Å²) in [5, 5.41) is 3.80. The number of halogens is 2.